The normalized spacial score (nSPS) is 37.2. The van der Waals surface area contributed by atoms with Gasteiger partial charge in [-0.2, -0.15) is 0 Å². The Morgan fingerprint density at radius 2 is 1.74 bits per heavy atom. The maximum Gasteiger partial charge on any atom is 0.306 e. The van der Waals surface area contributed by atoms with Gasteiger partial charge < -0.3 is 10.4 Å². The lowest BCUT2D eigenvalue weighted by Gasteiger charge is -2.40. The van der Waals surface area contributed by atoms with Crippen LogP contribution in [0.3, 0.4) is 0 Å². The summed E-state index contributed by atoms with van der Waals surface area (Å²) in [6.45, 7) is 6.67. The lowest BCUT2D eigenvalue weighted by Crippen LogP contribution is -2.49. The highest BCUT2D eigenvalue weighted by atomic mass is 16.4. The van der Waals surface area contributed by atoms with Gasteiger partial charge in [-0.3, -0.25) is 9.59 Å². The molecule has 19 heavy (non-hydrogen) atoms. The third-order valence-electron chi connectivity index (χ3n) is 4.59. The SMILES string of the molecule is CC1CC(C(=O)NC2CC(C(=O)O)C2)CC(C)(C)C1. The van der Waals surface area contributed by atoms with Crippen molar-refractivity contribution in [2.45, 2.75) is 58.9 Å². The van der Waals surface area contributed by atoms with Crippen molar-refractivity contribution in [2.24, 2.45) is 23.2 Å². The Bertz CT molecular complexity index is 372. The highest BCUT2D eigenvalue weighted by Crippen LogP contribution is 2.42. The second-order valence-electron chi connectivity index (χ2n) is 7.32. The van der Waals surface area contributed by atoms with Gasteiger partial charge in [0.15, 0.2) is 0 Å². The van der Waals surface area contributed by atoms with E-state index in [4.69, 9.17) is 5.11 Å². The maximum absolute atomic E-state index is 12.3. The van der Waals surface area contributed by atoms with Crippen LogP contribution in [0.25, 0.3) is 0 Å². The fourth-order valence-corrected chi connectivity index (χ4v) is 3.80. The van der Waals surface area contributed by atoms with Crippen molar-refractivity contribution in [1.29, 1.82) is 0 Å². The first-order chi connectivity index (χ1) is 8.77. The largest absolute Gasteiger partial charge is 0.481 e. The van der Waals surface area contributed by atoms with Crippen molar-refractivity contribution in [1.82, 2.24) is 5.32 Å². The first-order valence-electron chi connectivity index (χ1n) is 7.30. The van der Waals surface area contributed by atoms with E-state index < -0.39 is 5.97 Å². The van der Waals surface area contributed by atoms with E-state index in [-0.39, 0.29) is 29.2 Å². The molecule has 2 rings (SSSR count). The molecule has 0 aromatic rings. The summed E-state index contributed by atoms with van der Waals surface area (Å²) in [5.41, 5.74) is 0.239. The van der Waals surface area contributed by atoms with Crippen LogP contribution < -0.4 is 5.32 Å². The molecule has 2 fully saturated rings. The zero-order valence-corrected chi connectivity index (χ0v) is 12.1. The third-order valence-corrected chi connectivity index (χ3v) is 4.59. The van der Waals surface area contributed by atoms with Crippen molar-refractivity contribution in [3.05, 3.63) is 0 Å². The second kappa shape index (κ2) is 5.14. The van der Waals surface area contributed by atoms with Gasteiger partial charge in [-0.05, 0) is 43.4 Å². The molecular weight excluding hydrogens is 242 g/mol. The van der Waals surface area contributed by atoms with Gasteiger partial charge in [-0.1, -0.05) is 20.8 Å². The van der Waals surface area contributed by atoms with Gasteiger partial charge >= 0.3 is 5.97 Å². The highest BCUT2D eigenvalue weighted by molar-refractivity contribution is 5.80. The van der Waals surface area contributed by atoms with Crippen molar-refractivity contribution in [3.8, 4) is 0 Å². The van der Waals surface area contributed by atoms with Crippen LogP contribution in [-0.4, -0.2) is 23.0 Å². The summed E-state index contributed by atoms with van der Waals surface area (Å²) < 4.78 is 0. The number of nitrogens with one attached hydrogen (secondary N) is 1. The molecule has 0 radical (unpaired) electrons. The molecular formula is C15H25NO3. The number of carboxylic acids is 1. The zero-order valence-electron chi connectivity index (χ0n) is 12.1. The number of amides is 1. The standard InChI is InChI=1S/C15H25NO3/c1-9-4-11(8-15(2,3)7-9)13(17)16-12-5-10(6-12)14(18)19/h9-12H,4-8H2,1-3H3,(H,16,17)(H,18,19). The number of carbonyl (C=O) groups is 2. The van der Waals surface area contributed by atoms with Crippen LogP contribution in [0.15, 0.2) is 0 Å². The Morgan fingerprint density at radius 3 is 2.26 bits per heavy atom. The quantitative estimate of drug-likeness (QED) is 0.825. The summed E-state index contributed by atoms with van der Waals surface area (Å²) in [4.78, 5) is 23.0. The fourth-order valence-electron chi connectivity index (χ4n) is 3.80. The summed E-state index contributed by atoms with van der Waals surface area (Å²) in [5, 5.41) is 11.9. The molecule has 0 spiro atoms. The van der Waals surface area contributed by atoms with Crippen molar-refractivity contribution in [3.63, 3.8) is 0 Å². The molecule has 0 heterocycles. The number of rotatable bonds is 3. The summed E-state index contributed by atoms with van der Waals surface area (Å²) >= 11 is 0. The minimum Gasteiger partial charge on any atom is -0.481 e. The van der Waals surface area contributed by atoms with Crippen molar-refractivity contribution >= 4 is 11.9 Å². The van der Waals surface area contributed by atoms with Crippen LogP contribution in [0.1, 0.15) is 52.9 Å². The van der Waals surface area contributed by atoms with Gasteiger partial charge in [-0.15, -0.1) is 0 Å². The molecule has 0 aromatic heterocycles. The van der Waals surface area contributed by atoms with E-state index in [1.807, 2.05) is 0 Å². The minimum atomic E-state index is -0.738. The molecule has 2 unspecified atom stereocenters. The van der Waals surface area contributed by atoms with E-state index in [9.17, 15) is 9.59 Å². The Morgan fingerprint density at radius 1 is 1.11 bits per heavy atom. The summed E-state index contributed by atoms with van der Waals surface area (Å²) in [7, 11) is 0. The minimum absolute atomic E-state index is 0.0777. The summed E-state index contributed by atoms with van der Waals surface area (Å²) in [6.07, 6.45) is 4.27. The fraction of sp³-hybridized carbons (Fsp3) is 0.867. The molecule has 108 valence electrons. The average Bonchev–Trinajstić information content (AvgIpc) is 2.18. The number of aliphatic carboxylic acids is 1. The van der Waals surface area contributed by atoms with Crippen LogP contribution in [-0.2, 0) is 9.59 Å². The van der Waals surface area contributed by atoms with Crippen LogP contribution >= 0.6 is 0 Å². The molecule has 1 amide bonds. The highest BCUT2D eigenvalue weighted by Gasteiger charge is 2.39. The second-order valence-corrected chi connectivity index (χ2v) is 7.32. The average molecular weight is 267 g/mol. The Kier molecular flexibility index (Phi) is 3.88. The molecule has 0 aliphatic heterocycles. The van der Waals surface area contributed by atoms with E-state index in [1.165, 1.54) is 6.42 Å². The molecule has 4 heteroatoms. The van der Waals surface area contributed by atoms with E-state index in [0.717, 1.165) is 12.8 Å². The van der Waals surface area contributed by atoms with E-state index in [1.54, 1.807) is 0 Å². The van der Waals surface area contributed by atoms with E-state index in [2.05, 4.69) is 26.1 Å². The monoisotopic (exact) mass is 267 g/mol. The van der Waals surface area contributed by atoms with Gasteiger partial charge in [-0.25, -0.2) is 0 Å². The van der Waals surface area contributed by atoms with E-state index >= 15 is 0 Å². The Hall–Kier alpha value is -1.06. The molecule has 2 atom stereocenters. The maximum atomic E-state index is 12.3. The first-order valence-corrected chi connectivity index (χ1v) is 7.30. The molecule has 0 bridgehead atoms. The molecule has 2 saturated carbocycles. The number of hydrogen-bond acceptors (Lipinski definition) is 2. The molecule has 4 nitrogen and oxygen atoms in total. The lowest BCUT2D eigenvalue weighted by molar-refractivity contribution is -0.146. The predicted molar refractivity (Wildman–Crippen MR) is 72.6 cm³/mol. The van der Waals surface area contributed by atoms with Crippen LogP contribution in [0.4, 0.5) is 0 Å². The van der Waals surface area contributed by atoms with Crippen LogP contribution in [0.5, 0.6) is 0 Å². The number of hydrogen-bond donors (Lipinski definition) is 2. The first kappa shape index (κ1) is 14.4. The molecule has 2 N–H and O–H groups in total. The van der Waals surface area contributed by atoms with Gasteiger partial charge in [0.1, 0.15) is 0 Å². The van der Waals surface area contributed by atoms with Gasteiger partial charge in [0.2, 0.25) is 5.91 Å². The predicted octanol–water partition coefficient (Wildman–Crippen LogP) is 2.43. The number of carbonyl (C=O) groups excluding carboxylic acids is 1. The Balaban J connectivity index is 1.82. The molecule has 0 aromatic carbocycles. The van der Waals surface area contributed by atoms with Gasteiger partial charge in [0, 0.05) is 12.0 Å². The smallest absolute Gasteiger partial charge is 0.306 e. The van der Waals surface area contributed by atoms with E-state index in [0.29, 0.717) is 18.8 Å². The summed E-state index contributed by atoms with van der Waals surface area (Å²) in [5.74, 6) is -0.173. The Labute approximate surface area is 115 Å². The topological polar surface area (TPSA) is 66.4 Å². The lowest BCUT2D eigenvalue weighted by atomic mass is 9.67. The zero-order chi connectivity index (χ0) is 14.2. The van der Waals surface area contributed by atoms with Crippen LogP contribution in [0, 0.1) is 23.2 Å². The molecule has 2 aliphatic rings. The van der Waals surface area contributed by atoms with Crippen molar-refractivity contribution < 1.29 is 14.7 Å². The van der Waals surface area contributed by atoms with Crippen molar-refractivity contribution in [2.75, 3.05) is 0 Å². The molecule has 0 saturated heterocycles. The van der Waals surface area contributed by atoms with Gasteiger partial charge in [0.25, 0.3) is 0 Å². The number of carboxylic acid groups (broad SMARTS) is 1. The van der Waals surface area contributed by atoms with Crippen LogP contribution in [0.2, 0.25) is 0 Å². The van der Waals surface area contributed by atoms with Gasteiger partial charge in [0.05, 0.1) is 5.92 Å². The third kappa shape index (κ3) is 3.48. The summed E-state index contributed by atoms with van der Waals surface area (Å²) in [6, 6.07) is 0.0777. The molecule has 2 aliphatic carbocycles.